The van der Waals surface area contributed by atoms with E-state index in [1.165, 1.54) is 38.5 Å². The van der Waals surface area contributed by atoms with Gasteiger partial charge in [-0.2, -0.15) is 0 Å². The lowest BCUT2D eigenvalue weighted by Crippen LogP contribution is -2.67. The number of hydrogen-bond acceptors (Lipinski definition) is 3. The van der Waals surface area contributed by atoms with Crippen LogP contribution in [0.5, 0.6) is 0 Å². The summed E-state index contributed by atoms with van der Waals surface area (Å²) < 4.78 is 0. The Kier molecular flexibility index (Phi) is 2.77. The maximum Gasteiger partial charge on any atom is 0.0204 e. The fourth-order valence-corrected chi connectivity index (χ4v) is 5.08. The molecule has 0 aromatic rings. The van der Waals surface area contributed by atoms with Crippen LogP contribution in [0.3, 0.4) is 0 Å². The topological polar surface area (TPSA) is 41.3 Å². The summed E-state index contributed by atoms with van der Waals surface area (Å²) in [5.74, 6) is 1.82. The summed E-state index contributed by atoms with van der Waals surface area (Å²) in [4.78, 5) is 2.26. The van der Waals surface area contributed by atoms with Crippen molar-refractivity contribution in [3.63, 3.8) is 0 Å². The van der Waals surface area contributed by atoms with E-state index in [1.807, 2.05) is 0 Å². The first-order valence-electron chi connectivity index (χ1n) is 7.17. The van der Waals surface area contributed by atoms with Gasteiger partial charge in [-0.05, 0) is 64.5 Å². The molecule has 3 N–H and O–H groups in total. The van der Waals surface area contributed by atoms with Crippen LogP contribution in [0.1, 0.15) is 38.5 Å². The molecule has 0 radical (unpaired) electrons. The summed E-state index contributed by atoms with van der Waals surface area (Å²) in [7, 11) is 4.29. The van der Waals surface area contributed by atoms with Crippen molar-refractivity contribution in [2.45, 2.75) is 49.6 Å². The van der Waals surface area contributed by atoms with Crippen molar-refractivity contribution >= 4 is 0 Å². The molecule has 0 aromatic heterocycles. The van der Waals surface area contributed by atoms with Crippen LogP contribution in [-0.4, -0.2) is 43.2 Å². The first-order chi connectivity index (χ1) is 7.99. The van der Waals surface area contributed by atoms with Crippen LogP contribution in [0.15, 0.2) is 0 Å². The van der Waals surface area contributed by atoms with Gasteiger partial charge in [-0.25, -0.2) is 0 Å². The third-order valence-corrected chi connectivity index (χ3v) is 5.17. The van der Waals surface area contributed by atoms with Gasteiger partial charge in [0.15, 0.2) is 0 Å². The molecule has 17 heavy (non-hydrogen) atoms. The molecule has 0 aliphatic heterocycles. The third kappa shape index (κ3) is 2.25. The summed E-state index contributed by atoms with van der Waals surface area (Å²) in [5.41, 5.74) is 7.16. The predicted molar refractivity (Wildman–Crippen MR) is 70.9 cm³/mol. The molecule has 98 valence electrons. The molecule has 2 atom stereocenters. The monoisotopic (exact) mass is 237 g/mol. The number of nitrogens with zero attached hydrogens (tertiary/aromatic N) is 1. The number of hydrogen-bond donors (Lipinski definition) is 2. The molecule has 4 fully saturated rings. The van der Waals surface area contributed by atoms with Crippen LogP contribution >= 0.6 is 0 Å². The zero-order valence-electron chi connectivity index (χ0n) is 11.3. The van der Waals surface area contributed by atoms with Crippen LogP contribution in [0, 0.1) is 11.8 Å². The summed E-state index contributed by atoms with van der Waals surface area (Å²) >= 11 is 0. The minimum absolute atomic E-state index is 0.176. The normalized spacial score (nSPS) is 48.0. The van der Waals surface area contributed by atoms with E-state index in [1.54, 1.807) is 0 Å². The number of likely N-dealkylation sites (N-methyl/N-ethyl adjacent to an activating group) is 1. The predicted octanol–water partition coefficient (Wildman–Crippen LogP) is 1.19. The average molecular weight is 237 g/mol. The molecule has 2 unspecified atom stereocenters. The Morgan fingerprint density at radius 2 is 1.82 bits per heavy atom. The van der Waals surface area contributed by atoms with Gasteiger partial charge in [0.2, 0.25) is 0 Å². The first kappa shape index (κ1) is 11.9. The van der Waals surface area contributed by atoms with Crippen molar-refractivity contribution in [2.24, 2.45) is 17.6 Å². The zero-order chi connectivity index (χ0) is 12.1. The van der Waals surface area contributed by atoms with Crippen molar-refractivity contribution < 1.29 is 0 Å². The van der Waals surface area contributed by atoms with Crippen molar-refractivity contribution in [1.82, 2.24) is 10.2 Å². The molecule has 4 saturated carbocycles. The summed E-state index contributed by atoms with van der Waals surface area (Å²) in [6.45, 7) is 2.25. The van der Waals surface area contributed by atoms with Gasteiger partial charge in [-0.1, -0.05) is 0 Å². The van der Waals surface area contributed by atoms with Crippen molar-refractivity contribution in [1.29, 1.82) is 0 Å². The molecule has 0 amide bonds. The Morgan fingerprint density at radius 3 is 2.35 bits per heavy atom. The third-order valence-electron chi connectivity index (χ3n) is 5.17. The van der Waals surface area contributed by atoms with E-state index < -0.39 is 0 Å². The highest BCUT2D eigenvalue weighted by Gasteiger charge is 2.55. The Hall–Kier alpha value is -0.120. The zero-order valence-corrected chi connectivity index (χ0v) is 11.3. The van der Waals surface area contributed by atoms with Gasteiger partial charge >= 0.3 is 0 Å². The molecule has 0 aromatic carbocycles. The summed E-state index contributed by atoms with van der Waals surface area (Å²) in [6, 6.07) is 0. The highest BCUT2D eigenvalue weighted by Crippen LogP contribution is 2.56. The fraction of sp³-hybridized carbons (Fsp3) is 1.00. The average Bonchev–Trinajstić information content (AvgIpc) is 2.11. The van der Waals surface area contributed by atoms with E-state index in [9.17, 15) is 0 Å². The summed E-state index contributed by atoms with van der Waals surface area (Å²) in [6.07, 6.45) is 8.03. The van der Waals surface area contributed by atoms with Crippen LogP contribution in [0.4, 0.5) is 0 Å². The molecule has 3 heteroatoms. The van der Waals surface area contributed by atoms with Gasteiger partial charge in [-0.3, -0.25) is 0 Å². The van der Waals surface area contributed by atoms with E-state index in [2.05, 4.69) is 24.3 Å². The van der Waals surface area contributed by atoms with Crippen molar-refractivity contribution in [2.75, 3.05) is 27.2 Å². The van der Waals surface area contributed by atoms with Gasteiger partial charge in [0.25, 0.3) is 0 Å². The van der Waals surface area contributed by atoms with Gasteiger partial charge in [0, 0.05) is 24.2 Å². The van der Waals surface area contributed by atoms with Gasteiger partial charge < -0.3 is 16.0 Å². The highest BCUT2D eigenvalue weighted by molar-refractivity contribution is 5.14. The Bertz CT molecular complexity index is 286. The van der Waals surface area contributed by atoms with E-state index in [0.29, 0.717) is 5.54 Å². The molecule has 0 spiro atoms. The summed E-state index contributed by atoms with van der Waals surface area (Å²) in [5, 5.41) is 3.86. The van der Waals surface area contributed by atoms with Gasteiger partial charge in [-0.15, -0.1) is 0 Å². The second kappa shape index (κ2) is 3.94. The lowest BCUT2D eigenvalue weighted by Gasteiger charge is -2.61. The fourth-order valence-electron chi connectivity index (χ4n) is 5.08. The number of rotatable bonds is 4. The van der Waals surface area contributed by atoms with Crippen LogP contribution in [0.25, 0.3) is 0 Å². The Morgan fingerprint density at radius 1 is 1.18 bits per heavy atom. The highest BCUT2D eigenvalue weighted by atomic mass is 15.1. The van der Waals surface area contributed by atoms with Crippen LogP contribution in [-0.2, 0) is 0 Å². The van der Waals surface area contributed by atoms with E-state index in [-0.39, 0.29) is 5.54 Å². The number of nitrogens with one attached hydrogen (secondary N) is 1. The second-order valence-corrected chi connectivity index (χ2v) is 7.33. The minimum Gasteiger partial charge on any atom is -0.325 e. The molecule has 3 nitrogen and oxygen atoms in total. The van der Waals surface area contributed by atoms with Gasteiger partial charge in [0.05, 0.1) is 0 Å². The molecule has 4 aliphatic carbocycles. The lowest BCUT2D eigenvalue weighted by atomic mass is 9.50. The van der Waals surface area contributed by atoms with Crippen LogP contribution in [0.2, 0.25) is 0 Å². The van der Waals surface area contributed by atoms with Crippen LogP contribution < -0.4 is 11.1 Å². The molecular formula is C14H27N3. The molecule has 4 aliphatic rings. The smallest absolute Gasteiger partial charge is 0.0204 e. The largest absolute Gasteiger partial charge is 0.325 e. The molecule has 0 heterocycles. The minimum atomic E-state index is 0.176. The Balaban J connectivity index is 1.66. The van der Waals surface area contributed by atoms with E-state index >= 15 is 0 Å². The maximum absolute atomic E-state index is 6.59. The standard InChI is InChI=1S/C14H27N3/c1-17(2)4-3-16-14-8-11-5-12(9-14)7-13(15,6-11)10-14/h11-12,16H,3-10,15H2,1-2H3. The first-order valence-corrected chi connectivity index (χ1v) is 7.17. The molecule has 0 saturated heterocycles. The molecule has 4 rings (SSSR count). The maximum atomic E-state index is 6.59. The quantitative estimate of drug-likeness (QED) is 0.772. The van der Waals surface area contributed by atoms with Gasteiger partial charge in [0.1, 0.15) is 0 Å². The van der Waals surface area contributed by atoms with Crippen molar-refractivity contribution in [3.05, 3.63) is 0 Å². The van der Waals surface area contributed by atoms with Crippen molar-refractivity contribution in [3.8, 4) is 0 Å². The second-order valence-electron chi connectivity index (χ2n) is 7.33. The van der Waals surface area contributed by atoms with E-state index in [0.717, 1.165) is 24.9 Å². The Labute approximate surface area is 105 Å². The molecule has 4 bridgehead atoms. The SMILES string of the molecule is CN(C)CCNC12CC3CC(CC(N)(C3)C1)C2. The van der Waals surface area contributed by atoms with E-state index in [4.69, 9.17) is 5.73 Å². The lowest BCUT2D eigenvalue weighted by molar-refractivity contribution is -0.0357. The molecular weight excluding hydrogens is 210 g/mol. The number of nitrogens with two attached hydrogens (primary N) is 1.